The lowest BCUT2D eigenvalue weighted by Gasteiger charge is -2.28. The zero-order valence-corrected chi connectivity index (χ0v) is 15.8. The monoisotopic (exact) mass is 351 g/mol. The molecule has 0 saturated carbocycles. The number of nitrogens with zero attached hydrogens (tertiary/aromatic N) is 2. The average Bonchev–Trinajstić information content (AvgIpc) is 2.91. The number of rotatable bonds is 4. The van der Waals surface area contributed by atoms with E-state index in [0.29, 0.717) is 12.1 Å². The zero-order chi connectivity index (χ0) is 15.9. The summed E-state index contributed by atoms with van der Waals surface area (Å²) in [4.78, 5) is 7.28. The van der Waals surface area contributed by atoms with Gasteiger partial charge >= 0.3 is 0 Å². The van der Waals surface area contributed by atoms with Gasteiger partial charge in [0.2, 0.25) is 0 Å². The standard InChI is InChI=1S/C18H29N3S2/c1-15-5-4-7-16(19-15)11-21-8-3-2-6-17(12-21)20-18-13-22-9-10-23-14-18/h4-5,7,17-18,20H,2-3,6,8-14H2,1H3/t17-/m1/s1. The minimum Gasteiger partial charge on any atom is -0.308 e. The van der Waals surface area contributed by atoms with Crippen molar-refractivity contribution in [3.63, 3.8) is 0 Å². The molecule has 1 aromatic rings. The Morgan fingerprint density at radius 2 is 2.00 bits per heavy atom. The fourth-order valence-corrected chi connectivity index (χ4v) is 5.89. The lowest BCUT2D eigenvalue weighted by atomic mass is 10.1. The molecule has 1 N–H and O–H groups in total. The summed E-state index contributed by atoms with van der Waals surface area (Å²) in [7, 11) is 0. The maximum absolute atomic E-state index is 4.68. The van der Waals surface area contributed by atoms with Crippen LogP contribution in [0.15, 0.2) is 18.2 Å². The van der Waals surface area contributed by atoms with E-state index in [-0.39, 0.29) is 0 Å². The molecule has 2 fully saturated rings. The molecule has 0 aliphatic carbocycles. The van der Waals surface area contributed by atoms with Gasteiger partial charge < -0.3 is 5.32 Å². The van der Waals surface area contributed by atoms with Gasteiger partial charge in [-0.3, -0.25) is 9.88 Å². The highest BCUT2D eigenvalue weighted by molar-refractivity contribution is 8.03. The second kappa shape index (κ2) is 9.30. The van der Waals surface area contributed by atoms with Crippen LogP contribution >= 0.6 is 23.5 Å². The van der Waals surface area contributed by atoms with Crippen LogP contribution in [0.25, 0.3) is 0 Å². The number of aromatic nitrogens is 1. The molecule has 0 spiro atoms. The second-order valence-electron chi connectivity index (χ2n) is 6.71. The van der Waals surface area contributed by atoms with Gasteiger partial charge in [0.25, 0.3) is 0 Å². The van der Waals surface area contributed by atoms with E-state index >= 15 is 0 Å². The fourth-order valence-electron chi connectivity index (χ4n) is 3.46. The van der Waals surface area contributed by atoms with E-state index in [1.807, 2.05) is 0 Å². The third kappa shape index (κ3) is 5.96. The second-order valence-corrected chi connectivity index (χ2v) is 9.01. The molecule has 0 unspecified atom stereocenters. The number of hydrogen-bond donors (Lipinski definition) is 1. The molecule has 128 valence electrons. The molecule has 1 aromatic heterocycles. The summed E-state index contributed by atoms with van der Waals surface area (Å²) in [5, 5.41) is 3.96. The molecule has 3 rings (SSSR count). The van der Waals surface area contributed by atoms with Gasteiger partial charge in [-0.05, 0) is 38.4 Å². The molecule has 0 bridgehead atoms. The van der Waals surface area contributed by atoms with E-state index in [2.05, 4.69) is 63.8 Å². The molecule has 23 heavy (non-hydrogen) atoms. The first-order chi connectivity index (χ1) is 11.3. The smallest absolute Gasteiger partial charge is 0.0547 e. The lowest BCUT2D eigenvalue weighted by Crippen LogP contribution is -2.46. The Morgan fingerprint density at radius 1 is 1.17 bits per heavy atom. The Bertz CT molecular complexity index is 475. The Hall–Kier alpha value is -0.230. The number of hydrogen-bond acceptors (Lipinski definition) is 5. The van der Waals surface area contributed by atoms with Crippen molar-refractivity contribution in [2.75, 3.05) is 36.1 Å². The Morgan fingerprint density at radius 3 is 2.78 bits per heavy atom. The van der Waals surface area contributed by atoms with E-state index in [0.717, 1.165) is 12.2 Å². The van der Waals surface area contributed by atoms with Crippen LogP contribution in [0.4, 0.5) is 0 Å². The first-order valence-corrected chi connectivity index (χ1v) is 11.2. The highest BCUT2D eigenvalue weighted by atomic mass is 32.2. The molecule has 5 heteroatoms. The van der Waals surface area contributed by atoms with E-state index in [1.165, 1.54) is 61.1 Å². The van der Waals surface area contributed by atoms with Crippen molar-refractivity contribution in [2.45, 2.75) is 44.8 Å². The highest BCUT2D eigenvalue weighted by Crippen LogP contribution is 2.19. The van der Waals surface area contributed by atoms with Crippen molar-refractivity contribution >= 4 is 23.5 Å². The Labute approximate surface area is 149 Å². The molecule has 3 nitrogen and oxygen atoms in total. The lowest BCUT2D eigenvalue weighted by molar-refractivity contribution is 0.244. The molecule has 3 heterocycles. The summed E-state index contributed by atoms with van der Waals surface area (Å²) in [6, 6.07) is 7.71. The van der Waals surface area contributed by atoms with Crippen molar-refractivity contribution in [3.05, 3.63) is 29.6 Å². The van der Waals surface area contributed by atoms with Gasteiger partial charge in [0.15, 0.2) is 0 Å². The molecule has 0 amide bonds. The van der Waals surface area contributed by atoms with Crippen LogP contribution in [0.1, 0.15) is 30.7 Å². The SMILES string of the molecule is Cc1cccc(CN2CCCC[C@@H](NC3CSCCSC3)C2)n1. The Kier molecular flexibility index (Phi) is 7.12. The van der Waals surface area contributed by atoms with E-state index in [1.54, 1.807) is 0 Å². The van der Waals surface area contributed by atoms with Crippen LogP contribution in [0.5, 0.6) is 0 Å². The number of aryl methyl sites for hydroxylation is 1. The van der Waals surface area contributed by atoms with Gasteiger partial charge in [-0.2, -0.15) is 23.5 Å². The fraction of sp³-hybridized carbons (Fsp3) is 0.722. The topological polar surface area (TPSA) is 28.2 Å². The van der Waals surface area contributed by atoms with Crippen LogP contribution in [-0.2, 0) is 6.54 Å². The van der Waals surface area contributed by atoms with E-state index in [9.17, 15) is 0 Å². The maximum Gasteiger partial charge on any atom is 0.0547 e. The summed E-state index contributed by atoms with van der Waals surface area (Å²) in [6.07, 6.45) is 3.99. The molecule has 1 atom stereocenters. The molecule has 2 saturated heterocycles. The van der Waals surface area contributed by atoms with Gasteiger partial charge in [0, 0.05) is 53.9 Å². The quantitative estimate of drug-likeness (QED) is 0.899. The van der Waals surface area contributed by atoms with Crippen molar-refractivity contribution in [2.24, 2.45) is 0 Å². The third-order valence-electron chi connectivity index (χ3n) is 4.57. The minimum absolute atomic E-state index is 0.645. The summed E-state index contributed by atoms with van der Waals surface area (Å²) in [6.45, 7) is 5.45. The van der Waals surface area contributed by atoms with Crippen LogP contribution in [0.3, 0.4) is 0 Å². The molecule has 0 radical (unpaired) electrons. The summed E-state index contributed by atoms with van der Waals surface area (Å²) >= 11 is 4.23. The van der Waals surface area contributed by atoms with Crippen molar-refractivity contribution < 1.29 is 0 Å². The molecule has 2 aliphatic heterocycles. The van der Waals surface area contributed by atoms with Crippen LogP contribution in [-0.4, -0.2) is 58.1 Å². The summed E-state index contributed by atoms with van der Waals surface area (Å²) in [5.41, 5.74) is 2.34. The van der Waals surface area contributed by atoms with Crippen LogP contribution in [0, 0.1) is 6.92 Å². The van der Waals surface area contributed by atoms with E-state index in [4.69, 9.17) is 0 Å². The zero-order valence-electron chi connectivity index (χ0n) is 14.2. The number of nitrogens with one attached hydrogen (secondary N) is 1. The van der Waals surface area contributed by atoms with Crippen molar-refractivity contribution in [3.8, 4) is 0 Å². The van der Waals surface area contributed by atoms with Crippen LogP contribution < -0.4 is 5.32 Å². The van der Waals surface area contributed by atoms with Crippen molar-refractivity contribution in [1.82, 2.24) is 15.2 Å². The number of pyridine rings is 1. The molecule has 0 aromatic carbocycles. The average molecular weight is 352 g/mol. The normalized spacial score (nSPS) is 25.0. The largest absolute Gasteiger partial charge is 0.308 e. The first-order valence-electron chi connectivity index (χ1n) is 8.86. The van der Waals surface area contributed by atoms with Gasteiger partial charge in [-0.1, -0.05) is 12.5 Å². The summed E-state index contributed by atoms with van der Waals surface area (Å²) in [5.74, 6) is 5.20. The first kappa shape index (κ1) is 17.6. The predicted octanol–water partition coefficient (Wildman–Crippen LogP) is 3.18. The third-order valence-corrected chi connectivity index (χ3v) is 7.09. The van der Waals surface area contributed by atoms with Crippen LogP contribution in [0.2, 0.25) is 0 Å². The highest BCUT2D eigenvalue weighted by Gasteiger charge is 2.22. The molecule has 2 aliphatic rings. The summed E-state index contributed by atoms with van der Waals surface area (Å²) < 4.78 is 0. The maximum atomic E-state index is 4.68. The van der Waals surface area contributed by atoms with Gasteiger partial charge in [0.05, 0.1) is 5.69 Å². The Balaban J connectivity index is 1.54. The minimum atomic E-state index is 0.645. The van der Waals surface area contributed by atoms with Gasteiger partial charge in [-0.25, -0.2) is 0 Å². The number of likely N-dealkylation sites (tertiary alicyclic amines) is 1. The molecular weight excluding hydrogens is 322 g/mol. The van der Waals surface area contributed by atoms with Gasteiger partial charge in [-0.15, -0.1) is 0 Å². The predicted molar refractivity (Wildman–Crippen MR) is 103 cm³/mol. The molecular formula is C18H29N3S2. The van der Waals surface area contributed by atoms with Crippen molar-refractivity contribution in [1.29, 1.82) is 0 Å². The van der Waals surface area contributed by atoms with Gasteiger partial charge in [0.1, 0.15) is 0 Å². The number of thioether (sulfide) groups is 2. The van der Waals surface area contributed by atoms with E-state index < -0.39 is 0 Å².